The van der Waals surface area contributed by atoms with Crippen LogP contribution in [-0.2, 0) is 6.54 Å². The SMILES string of the molecule is CN=C(NCc1ccc(O)c(F)c1)N1CC2CCCCC2C1.I. The van der Waals surface area contributed by atoms with Crippen LogP contribution >= 0.6 is 24.0 Å². The van der Waals surface area contributed by atoms with E-state index in [0.29, 0.717) is 6.54 Å². The van der Waals surface area contributed by atoms with Gasteiger partial charge in [0, 0.05) is 26.7 Å². The lowest BCUT2D eigenvalue weighted by molar-refractivity contribution is 0.299. The predicted molar refractivity (Wildman–Crippen MR) is 101 cm³/mol. The summed E-state index contributed by atoms with van der Waals surface area (Å²) in [5.74, 6) is 1.61. The van der Waals surface area contributed by atoms with E-state index in [1.807, 2.05) is 0 Å². The highest BCUT2D eigenvalue weighted by Gasteiger charge is 2.35. The van der Waals surface area contributed by atoms with Gasteiger partial charge in [-0.15, -0.1) is 24.0 Å². The Morgan fingerprint density at radius 3 is 2.52 bits per heavy atom. The van der Waals surface area contributed by atoms with Crippen molar-refractivity contribution in [2.24, 2.45) is 16.8 Å². The maximum atomic E-state index is 13.4. The number of benzene rings is 1. The molecular weight excluding hydrogens is 408 g/mol. The smallest absolute Gasteiger partial charge is 0.193 e. The van der Waals surface area contributed by atoms with Crippen molar-refractivity contribution in [1.82, 2.24) is 10.2 Å². The molecule has 1 aromatic carbocycles. The van der Waals surface area contributed by atoms with E-state index in [2.05, 4.69) is 15.2 Å². The van der Waals surface area contributed by atoms with Gasteiger partial charge in [0.15, 0.2) is 17.5 Å². The van der Waals surface area contributed by atoms with Gasteiger partial charge >= 0.3 is 0 Å². The molecule has 2 fully saturated rings. The van der Waals surface area contributed by atoms with Crippen LogP contribution in [0.15, 0.2) is 23.2 Å². The van der Waals surface area contributed by atoms with Gasteiger partial charge in [0.2, 0.25) is 0 Å². The second-order valence-corrected chi connectivity index (χ2v) is 6.40. The highest BCUT2D eigenvalue weighted by Crippen LogP contribution is 2.35. The molecule has 0 bridgehead atoms. The summed E-state index contributed by atoms with van der Waals surface area (Å²) >= 11 is 0. The van der Waals surface area contributed by atoms with Crippen LogP contribution in [0.25, 0.3) is 0 Å². The van der Waals surface area contributed by atoms with Crippen molar-refractivity contribution in [2.45, 2.75) is 32.2 Å². The molecular formula is C17H25FIN3O. The van der Waals surface area contributed by atoms with Gasteiger partial charge in [-0.3, -0.25) is 4.99 Å². The van der Waals surface area contributed by atoms with Crippen molar-refractivity contribution in [1.29, 1.82) is 0 Å². The number of phenolic OH excluding ortho intramolecular Hbond substituents is 1. The Bertz CT molecular complexity index is 553. The zero-order chi connectivity index (χ0) is 15.5. The molecule has 3 rings (SSSR count). The molecule has 23 heavy (non-hydrogen) atoms. The van der Waals surface area contributed by atoms with Crippen molar-refractivity contribution in [3.8, 4) is 5.75 Å². The second-order valence-electron chi connectivity index (χ2n) is 6.40. The second kappa shape index (κ2) is 8.17. The Kier molecular flexibility index (Phi) is 6.50. The first-order valence-electron chi connectivity index (χ1n) is 8.10. The van der Waals surface area contributed by atoms with Crippen LogP contribution in [0.1, 0.15) is 31.2 Å². The van der Waals surface area contributed by atoms with Crippen LogP contribution in [0.5, 0.6) is 5.75 Å². The number of hydrogen-bond acceptors (Lipinski definition) is 2. The van der Waals surface area contributed by atoms with Crippen molar-refractivity contribution in [3.05, 3.63) is 29.6 Å². The van der Waals surface area contributed by atoms with E-state index in [-0.39, 0.29) is 29.7 Å². The van der Waals surface area contributed by atoms with Crippen molar-refractivity contribution < 1.29 is 9.50 Å². The third-order valence-corrected chi connectivity index (χ3v) is 4.95. The van der Waals surface area contributed by atoms with Crippen LogP contribution in [0.3, 0.4) is 0 Å². The van der Waals surface area contributed by atoms with Crippen LogP contribution in [-0.4, -0.2) is 36.1 Å². The Hall–Kier alpha value is -1.05. The fraction of sp³-hybridized carbons (Fsp3) is 0.588. The number of nitrogens with zero attached hydrogens (tertiary/aromatic N) is 2. The summed E-state index contributed by atoms with van der Waals surface area (Å²) in [5.41, 5.74) is 0.799. The molecule has 2 unspecified atom stereocenters. The summed E-state index contributed by atoms with van der Waals surface area (Å²) in [6, 6.07) is 4.47. The van der Waals surface area contributed by atoms with Crippen molar-refractivity contribution in [3.63, 3.8) is 0 Å². The number of guanidine groups is 1. The molecule has 128 valence electrons. The predicted octanol–water partition coefficient (Wildman–Crippen LogP) is 3.35. The minimum atomic E-state index is -0.582. The minimum Gasteiger partial charge on any atom is -0.505 e. The van der Waals surface area contributed by atoms with E-state index in [1.54, 1.807) is 13.1 Å². The molecule has 1 heterocycles. The molecule has 2 atom stereocenters. The fourth-order valence-corrected chi connectivity index (χ4v) is 3.75. The molecule has 1 aliphatic carbocycles. The van der Waals surface area contributed by atoms with Gasteiger partial charge in [0.1, 0.15) is 0 Å². The summed E-state index contributed by atoms with van der Waals surface area (Å²) in [7, 11) is 1.79. The molecule has 1 aromatic rings. The van der Waals surface area contributed by atoms with Gasteiger partial charge in [0.05, 0.1) is 0 Å². The minimum absolute atomic E-state index is 0. The quantitative estimate of drug-likeness (QED) is 0.428. The largest absolute Gasteiger partial charge is 0.505 e. The van der Waals surface area contributed by atoms with Crippen LogP contribution in [0.2, 0.25) is 0 Å². The van der Waals surface area contributed by atoms with Gasteiger partial charge in [-0.1, -0.05) is 18.9 Å². The number of rotatable bonds is 2. The molecule has 4 nitrogen and oxygen atoms in total. The molecule has 1 saturated heterocycles. The zero-order valence-electron chi connectivity index (χ0n) is 13.5. The monoisotopic (exact) mass is 433 g/mol. The van der Waals surface area contributed by atoms with Crippen LogP contribution < -0.4 is 5.32 Å². The maximum absolute atomic E-state index is 13.4. The van der Waals surface area contributed by atoms with E-state index in [4.69, 9.17) is 0 Å². The Balaban J connectivity index is 0.00000192. The topological polar surface area (TPSA) is 47.9 Å². The molecule has 6 heteroatoms. The van der Waals surface area contributed by atoms with Crippen LogP contribution in [0, 0.1) is 17.7 Å². The first kappa shape index (κ1) is 18.3. The maximum Gasteiger partial charge on any atom is 0.193 e. The molecule has 1 saturated carbocycles. The Labute approximate surface area is 154 Å². The Morgan fingerprint density at radius 1 is 1.30 bits per heavy atom. The number of aromatic hydroxyl groups is 1. The molecule has 1 aliphatic heterocycles. The number of hydrogen-bond donors (Lipinski definition) is 2. The lowest BCUT2D eigenvalue weighted by Crippen LogP contribution is -2.39. The highest BCUT2D eigenvalue weighted by atomic mass is 127. The number of likely N-dealkylation sites (tertiary alicyclic amines) is 1. The van der Waals surface area contributed by atoms with Gasteiger partial charge in [-0.25, -0.2) is 4.39 Å². The van der Waals surface area contributed by atoms with Gasteiger partial charge in [-0.05, 0) is 42.4 Å². The average molecular weight is 433 g/mol. The highest BCUT2D eigenvalue weighted by molar-refractivity contribution is 14.0. The number of halogens is 2. The van der Waals surface area contributed by atoms with Gasteiger partial charge in [-0.2, -0.15) is 0 Å². The number of phenols is 1. The molecule has 0 amide bonds. The zero-order valence-corrected chi connectivity index (χ0v) is 15.8. The first-order valence-corrected chi connectivity index (χ1v) is 8.10. The molecule has 2 aliphatic rings. The standard InChI is InChI=1S/C17H24FN3O.HI/c1-19-17(20-9-12-6-7-16(22)15(18)8-12)21-10-13-4-2-3-5-14(13)11-21;/h6-8,13-14,22H,2-5,9-11H2,1H3,(H,19,20);1H. The van der Waals surface area contributed by atoms with Gasteiger partial charge < -0.3 is 15.3 Å². The Morgan fingerprint density at radius 2 is 1.96 bits per heavy atom. The summed E-state index contributed by atoms with van der Waals surface area (Å²) in [5, 5.41) is 12.5. The number of nitrogens with one attached hydrogen (secondary N) is 1. The van der Waals surface area contributed by atoms with E-state index >= 15 is 0 Å². The summed E-state index contributed by atoms with van der Waals surface area (Å²) in [4.78, 5) is 6.70. The van der Waals surface area contributed by atoms with E-state index in [0.717, 1.165) is 36.4 Å². The first-order chi connectivity index (χ1) is 10.7. The number of aliphatic imine (C=N–C) groups is 1. The average Bonchev–Trinajstić information content (AvgIpc) is 2.95. The van der Waals surface area contributed by atoms with Crippen molar-refractivity contribution >= 4 is 29.9 Å². The third-order valence-electron chi connectivity index (χ3n) is 4.95. The molecule has 0 spiro atoms. The van der Waals surface area contributed by atoms with Crippen LogP contribution in [0.4, 0.5) is 4.39 Å². The van der Waals surface area contributed by atoms with Gasteiger partial charge in [0.25, 0.3) is 0 Å². The van der Waals surface area contributed by atoms with E-state index < -0.39 is 5.82 Å². The number of fused-ring (bicyclic) bond motifs is 1. The lowest BCUT2D eigenvalue weighted by atomic mass is 9.82. The summed E-state index contributed by atoms with van der Waals surface area (Å²) < 4.78 is 13.4. The molecule has 2 N–H and O–H groups in total. The lowest BCUT2D eigenvalue weighted by Gasteiger charge is -2.22. The van der Waals surface area contributed by atoms with E-state index in [1.165, 1.54) is 37.8 Å². The van der Waals surface area contributed by atoms with Crippen molar-refractivity contribution in [2.75, 3.05) is 20.1 Å². The molecule has 0 radical (unpaired) electrons. The summed E-state index contributed by atoms with van der Waals surface area (Å²) in [6.07, 6.45) is 5.38. The fourth-order valence-electron chi connectivity index (χ4n) is 3.75. The van der Waals surface area contributed by atoms with E-state index in [9.17, 15) is 9.50 Å². The summed E-state index contributed by atoms with van der Waals surface area (Å²) in [6.45, 7) is 2.66. The molecule has 0 aromatic heterocycles. The normalized spacial score (nSPS) is 24.1. The third kappa shape index (κ3) is 4.28.